The second-order valence-corrected chi connectivity index (χ2v) is 5.15. The summed E-state index contributed by atoms with van der Waals surface area (Å²) in [4.78, 5) is 23.9. The smallest absolute Gasteiger partial charge is 0.343 e. The van der Waals surface area contributed by atoms with Crippen LogP contribution in [0.25, 0.3) is 0 Å². The molecule has 0 unspecified atom stereocenters. The lowest BCUT2D eigenvalue weighted by molar-refractivity contribution is -0.142. The monoisotopic (exact) mass is 352 g/mol. The standard InChI is InChI=1S/C17H14ClFO5/c1-22-13-6-10(5-12(19)8-13)17(21)14-7-11(18)3-4-15(14)24-9-16(20)23-2/h3-8H,9H2,1-2H3. The normalized spacial score (nSPS) is 10.2. The molecule has 0 aromatic heterocycles. The van der Waals surface area contributed by atoms with Crippen LogP contribution in [0.1, 0.15) is 15.9 Å². The minimum absolute atomic E-state index is 0.0667. The fourth-order valence-electron chi connectivity index (χ4n) is 1.97. The lowest BCUT2D eigenvalue weighted by Gasteiger charge is -2.11. The van der Waals surface area contributed by atoms with Gasteiger partial charge in [-0.15, -0.1) is 0 Å². The number of ketones is 1. The van der Waals surface area contributed by atoms with Gasteiger partial charge < -0.3 is 14.2 Å². The van der Waals surface area contributed by atoms with Gasteiger partial charge >= 0.3 is 5.97 Å². The SMILES string of the molecule is COC(=O)COc1ccc(Cl)cc1C(=O)c1cc(F)cc(OC)c1. The maximum atomic E-state index is 13.6. The number of methoxy groups -OCH3 is 2. The van der Waals surface area contributed by atoms with Crippen LogP contribution in [0.2, 0.25) is 5.02 Å². The van der Waals surface area contributed by atoms with Gasteiger partial charge in [0.15, 0.2) is 12.4 Å². The highest BCUT2D eigenvalue weighted by Crippen LogP contribution is 2.27. The molecule has 2 aromatic carbocycles. The highest BCUT2D eigenvalue weighted by molar-refractivity contribution is 6.31. The van der Waals surface area contributed by atoms with Crippen molar-refractivity contribution in [1.29, 1.82) is 0 Å². The molecule has 5 nitrogen and oxygen atoms in total. The zero-order chi connectivity index (χ0) is 17.7. The molecule has 0 heterocycles. The average molecular weight is 353 g/mol. The minimum Gasteiger partial charge on any atom is -0.497 e. The Hall–Kier alpha value is -2.60. The van der Waals surface area contributed by atoms with Crippen molar-refractivity contribution in [3.63, 3.8) is 0 Å². The summed E-state index contributed by atoms with van der Waals surface area (Å²) in [5.41, 5.74) is 0.163. The number of halogens is 2. The quantitative estimate of drug-likeness (QED) is 0.590. The zero-order valence-electron chi connectivity index (χ0n) is 13.0. The lowest BCUT2D eigenvalue weighted by atomic mass is 10.0. The molecule has 0 N–H and O–H groups in total. The Morgan fingerprint density at radius 3 is 2.54 bits per heavy atom. The Bertz CT molecular complexity index is 776. The van der Waals surface area contributed by atoms with Crippen LogP contribution in [0.4, 0.5) is 4.39 Å². The zero-order valence-corrected chi connectivity index (χ0v) is 13.7. The molecule has 0 saturated carbocycles. The van der Waals surface area contributed by atoms with Crippen molar-refractivity contribution in [3.8, 4) is 11.5 Å². The van der Waals surface area contributed by atoms with Crippen molar-refractivity contribution in [3.05, 3.63) is 58.4 Å². The Balaban J connectivity index is 2.39. The molecule has 2 rings (SSSR count). The molecule has 0 amide bonds. The summed E-state index contributed by atoms with van der Waals surface area (Å²) < 4.78 is 28.4. The van der Waals surface area contributed by atoms with Crippen LogP contribution in [0.15, 0.2) is 36.4 Å². The van der Waals surface area contributed by atoms with E-state index in [0.29, 0.717) is 5.02 Å². The Kier molecular flexibility index (Phi) is 5.76. The highest BCUT2D eigenvalue weighted by atomic mass is 35.5. The minimum atomic E-state index is -0.614. The van der Waals surface area contributed by atoms with Crippen molar-refractivity contribution in [2.24, 2.45) is 0 Å². The summed E-state index contributed by atoms with van der Waals surface area (Å²) in [6.45, 7) is -0.370. The number of hydrogen-bond acceptors (Lipinski definition) is 5. The number of rotatable bonds is 6. The van der Waals surface area contributed by atoms with E-state index in [-0.39, 0.29) is 29.2 Å². The molecule has 0 aliphatic heterocycles. The molecule has 126 valence electrons. The summed E-state index contributed by atoms with van der Waals surface area (Å²) in [5.74, 6) is -1.39. The van der Waals surface area contributed by atoms with Crippen LogP contribution in [-0.4, -0.2) is 32.6 Å². The predicted octanol–water partition coefficient (Wildman–Crippen LogP) is 3.27. The Labute approximate surface area is 142 Å². The number of carbonyl (C=O) groups is 2. The third kappa shape index (κ3) is 4.23. The average Bonchev–Trinajstić information content (AvgIpc) is 2.58. The molecular weight excluding hydrogens is 339 g/mol. The molecular formula is C17H14ClFO5. The summed E-state index contributed by atoms with van der Waals surface area (Å²) in [6.07, 6.45) is 0. The molecule has 0 aliphatic rings. The van der Waals surface area contributed by atoms with Crippen LogP contribution in [0.3, 0.4) is 0 Å². The fraction of sp³-hybridized carbons (Fsp3) is 0.176. The van der Waals surface area contributed by atoms with Crippen LogP contribution in [0.5, 0.6) is 11.5 Å². The topological polar surface area (TPSA) is 61.8 Å². The molecule has 0 radical (unpaired) electrons. The van der Waals surface area contributed by atoms with Gasteiger partial charge in [0.1, 0.15) is 17.3 Å². The number of carbonyl (C=O) groups excluding carboxylic acids is 2. The summed E-state index contributed by atoms with van der Waals surface area (Å²) in [5, 5.41) is 0.298. The van der Waals surface area contributed by atoms with Crippen molar-refractivity contribution >= 4 is 23.4 Å². The van der Waals surface area contributed by atoms with Crippen molar-refractivity contribution in [1.82, 2.24) is 0 Å². The van der Waals surface area contributed by atoms with E-state index in [1.165, 1.54) is 38.5 Å². The van der Waals surface area contributed by atoms with Crippen LogP contribution >= 0.6 is 11.6 Å². The number of esters is 1. The predicted molar refractivity (Wildman–Crippen MR) is 85.3 cm³/mol. The third-order valence-electron chi connectivity index (χ3n) is 3.13. The summed E-state index contributed by atoms with van der Waals surface area (Å²) >= 11 is 5.93. The molecule has 0 bridgehead atoms. The van der Waals surface area contributed by atoms with Gasteiger partial charge in [0.05, 0.1) is 19.8 Å². The van der Waals surface area contributed by atoms with Gasteiger partial charge in [-0.2, -0.15) is 0 Å². The molecule has 0 aliphatic carbocycles. The van der Waals surface area contributed by atoms with Gasteiger partial charge in [0.2, 0.25) is 0 Å². The fourth-order valence-corrected chi connectivity index (χ4v) is 2.14. The van der Waals surface area contributed by atoms with Gasteiger partial charge in [-0.3, -0.25) is 4.79 Å². The van der Waals surface area contributed by atoms with Crippen molar-refractivity contribution in [2.75, 3.05) is 20.8 Å². The number of hydrogen-bond donors (Lipinski definition) is 0. The van der Waals surface area contributed by atoms with E-state index >= 15 is 0 Å². The van der Waals surface area contributed by atoms with Gasteiger partial charge in [0.25, 0.3) is 0 Å². The van der Waals surface area contributed by atoms with Crippen LogP contribution in [-0.2, 0) is 9.53 Å². The maximum absolute atomic E-state index is 13.6. The van der Waals surface area contributed by atoms with E-state index in [9.17, 15) is 14.0 Å². The van der Waals surface area contributed by atoms with E-state index in [1.807, 2.05) is 0 Å². The first-order chi connectivity index (χ1) is 11.4. The Morgan fingerprint density at radius 1 is 1.12 bits per heavy atom. The first-order valence-corrected chi connectivity index (χ1v) is 7.21. The molecule has 7 heteroatoms. The van der Waals surface area contributed by atoms with Gasteiger partial charge in [-0.25, -0.2) is 9.18 Å². The van der Waals surface area contributed by atoms with E-state index in [2.05, 4.69) is 4.74 Å². The van der Waals surface area contributed by atoms with Gasteiger partial charge in [0, 0.05) is 16.7 Å². The van der Waals surface area contributed by atoms with Crippen molar-refractivity contribution < 1.29 is 28.2 Å². The third-order valence-corrected chi connectivity index (χ3v) is 3.36. The van der Waals surface area contributed by atoms with Gasteiger partial charge in [-0.05, 0) is 30.3 Å². The highest BCUT2D eigenvalue weighted by Gasteiger charge is 2.18. The van der Waals surface area contributed by atoms with Crippen molar-refractivity contribution in [2.45, 2.75) is 0 Å². The van der Waals surface area contributed by atoms with Gasteiger partial charge in [-0.1, -0.05) is 11.6 Å². The molecule has 0 fully saturated rings. The van der Waals surface area contributed by atoms with E-state index < -0.39 is 17.6 Å². The Morgan fingerprint density at radius 2 is 1.88 bits per heavy atom. The molecule has 2 aromatic rings. The second kappa shape index (κ2) is 7.79. The molecule has 0 saturated heterocycles. The largest absolute Gasteiger partial charge is 0.497 e. The summed E-state index contributed by atoms with van der Waals surface area (Å²) in [7, 11) is 2.59. The second-order valence-electron chi connectivity index (χ2n) is 4.71. The first kappa shape index (κ1) is 17.7. The van der Waals surface area contributed by atoms with E-state index in [1.54, 1.807) is 0 Å². The lowest BCUT2D eigenvalue weighted by Crippen LogP contribution is -2.14. The maximum Gasteiger partial charge on any atom is 0.343 e. The first-order valence-electron chi connectivity index (χ1n) is 6.83. The van der Waals surface area contributed by atoms with Crippen LogP contribution in [0, 0.1) is 5.82 Å². The molecule has 0 spiro atoms. The van der Waals surface area contributed by atoms with Crippen LogP contribution < -0.4 is 9.47 Å². The number of benzene rings is 2. The van der Waals surface area contributed by atoms with E-state index in [4.69, 9.17) is 21.1 Å². The summed E-state index contributed by atoms with van der Waals surface area (Å²) in [6, 6.07) is 7.98. The van der Waals surface area contributed by atoms with E-state index in [0.717, 1.165) is 12.1 Å². The molecule has 24 heavy (non-hydrogen) atoms. The molecule has 0 atom stereocenters. The number of ether oxygens (including phenoxy) is 3.